The summed E-state index contributed by atoms with van der Waals surface area (Å²) in [7, 11) is 0. The van der Waals surface area contributed by atoms with Crippen molar-refractivity contribution in [2.45, 2.75) is 25.9 Å². The topological polar surface area (TPSA) is 35.2 Å². The molecule has 3 aromatic rings. The first-order valence-corrected chi connectivity index (χ1v) is 8.87. The van der Waals surface area contributed by atoms with E-state index in [1.54, 1.807) is 6.07 Å². The summed E-state index contributed by atoms with van der Waals surface area (Å²) < 4.78 is 19.9. The Bertz CT molecular complexity index is 845. The number of ether oxygens (including phenoxy) is 1. The van der Waals surface area contributed by atoms with Gasteiger partial charge in [-0.15, -0.1) is 0 Å². The molecule has 2 N–H and O–H groups in total. The molecule has 0 saturated carbocycles. The van der Waals surface area contributed by atoms with Crippen LogP contribution in [0.5, 0.6) is 5.75 Å². The SMILES string of the molecule is Cc1cccc(COc2ccc(CC(CN)c3ccccc3F)cc2)c1. The Morgan fingerprint density at radius 1 is 0.923 bits per heavy atom. The van der Waals surface area contributed by atoms with Crippen molar-refractivity contribution >= 4 is 0 Å². The largest absolute Gasteiger partial charge is 0.489 e. The Hall–Kier alpha value is -2.65. The van der Waals surface area contributed by atoms with Crippen molar-refractivity contribution in [2.75, 3.05) is 6.54 Å². The molecule has 0 aliphatic carbocycles. The van der Waals surface area contributed by atoms with Crippen LogP contribution in [0.3, 0.4) is 0 Å². The van der Waals surface area contributed by atoms with Gasteiger partial charge in [-0.1, -0.05) is 60.2 Å². The van der Waals surface area contributed by atoms with Gasteiger partial charge in [-0.05, 0) is 54.8 Å². The van der Waals surface area contributed by atoms with Gasteiger partial charge in [0.15, 0.2) is 0 Å². The predicted octanol–water partition coefficient (Wildman–Crippen LogP) is 5.00. The molecule has 26 heavy (non-hydrogen) atoms. The van der Waals surface area contributed by atoms with Crippen LogP contribution in [0.1, 0.15) is 28.2 Å². The lowest BCUT2D eigenvalue weighted by Crippen LogP contribution is -2.16. The van der Waals surface area contributed by atoms with Gasteiger partial charge in [-0.25, -0.2) is 4.39 Å². The second kappa shape index (κ2) is 8.63. The normalized spacial score (nSPS) is 12.0. The molecule has 0 fully saturated rings. The van der Waals surface area contributed by atoms with Crippen molar-refractivity contribution in [1.29, 1.82) is 0 Å². The Balaban J connectivity index is 1.62. The summed E-state index contributed by atoms with van der Waals surface area (Å²) in [5, 5.41) is 0. The summed E-state index contributed by atoms with van der Waals surface area (Å²) >= 11 is 0. The van der Waals surface area contributed by atoms with Crippen molar-refractivity contribution in [1.82, 2.24) is 0 Å². The number of benzene rings is 3. The quantitative estimate of drug-likeness (QED) is 0.651. The van der Waals surface area contributed by atoms with E-state index in [-0.39, 0.29) is 11.7 Å². The van der Waals surface area contributed by atoms with E-state index in [1.807, 2.05) is 42.5 Å². The maximum absolute atomic E-state index is 14.0. The summed E-state index contributed by atoms with van der Waals surface area (Å²) in [4.78, 5) is 0. The molecule has 2 nitrogen and oxygen atoms in total. The Morgan fingerprint density at radius 3 is 2.38 bits per heavy atom. The first-order valence-electron chi connectivity index (χ1n) is 8.87. The summed E-state index contributed by atoms with van der Waals surface area (Å²) in [6, 6.07) is 23.1. The molecule has 0 bridgehead atoms. The monoisotopic (exact) mass is 349 g/mol. The molecule has 3 aromatic carbocycles. The molecule has 1 atom stereocenters. The van der Waals surface area contributed by atoms with Gasteiger partial charge in [0, 0.05) is 5.92 Å². The smallest absolute Gasteiger partial charge is 0.126 e. The van der Waals surface area contributed by atoms with Gasteiger partial charge in [0.25, 0.3) is 0 Å². The number of halogens is 1. The van der Waals surface area contributed by atoms with Crippen LogP contribution in [0.2, 0.25) is 0 Å². The van der Waals surface area contributed by atoms with E-state index < -0.39 is 0 Å². The Labute approximate surface area is 154 Å². The number of hydrogen-bond acceptors (Lipinski definition) is 2. The van der Waals surface area contributed by atoms with Crippen LogP contribution in [-0.2, 0) is 13.0 Å². The summed E-state index contributed by atoms with van der Waals surface area (Å²) in [6.45, 7) is 3.02. The van der Waals surface area contributed by atoms with Gasteiger partial charge in [-0.2, -0.15) is 0 Å². The highest BCUT2D eigenvalue weighted by molar-refractivity contribution is 5.31. The van der Waals surface area contributed by atoms with Crippen LogP contribution in [0.25, 0.3) is 0 Å². The van der Waals surface area contributed by atoms with Crippen LogP contribution in [-0.4, -0.2) is 6.54 Å². The predicted molar refractivity (Wildman–Crippen MR) is 104 cm³/mol. The van der Waals surface area contributed by atoms with Crippen LogP contribution in [0.15, 0.2) is 72.8 Å². The van der Waals surface area contributed by atoms with Crippen LogP contribution in [0, 0.1) is 12.7 Å². The van der Waals surface area contributed by atoms with E-state index in [1.165, 1.54) is 11.6 Å². The van der Waals surface area contributed by atoms with E-state index in [0.717, 1.165) is 16.9 Å². The Morgan fingerprint density at radius 2 is 1.69 bits per heavy atom. The van der Waals surface area contributed by atoms with Gasteiger partial charge < -0.3 is 10.5 Å². The molecule has 0 heterocycles. The standard InChI is InChI=1S/C23H24FNO/c1-17-5-4-6-19(13-17)16-26-21-11-9-18(10-12-21)14-20(15-25)22-7-2-3-8-23(22)24/h2-13,20H,14-16,25H2,1H3. The molecular formula is C23H24FNO. The van der Waals surface area contributed by atoms with Crippen molar-refractivity contribution in [3.63, 3.8) is 0 Å². The zero-order chi connectivity index (χ0) is 18.4. The molecule has 0 radical (unpaired) electrons. The molecule has 0 amide bonds. The summed E-state index contributed by atoms with van der Waals surface area (Å²) in [5.74, 6) is 0.599. The lowest BCUT2D eigenvalue weighted by molar-refractivity contribution is 0.306. The molecule has 0 saturated heterocycles. The van der Waals surface area contributed by atoms with E-state index in [2.05, 4.69) is 25.1 Å². The van der Waals surface area contributed by atoms with E-state index in [4.69, 9.17) is 10.5 Å². The van der Waals surface area contributed by atoms with E-state index >= 15 is 0 Å². The van der Waals surface area contributed by atoms with Crippen molar-refractivity contribution in [2.24, 2.45) is 5.73 Å². The molecule has 0 spiro atoms. The molecule has 134 valence electrons. The van der Waals surface area contributed by atoms with Gasteiger partial charge in [-0.3, -0.25) is 0 Å². The van der Waals surface area contributed by atoms with Gasteiger partial charge in [0.2, 0.25) is 0 Å². The first-order chi connectivity index (χ1) is 12.7. The highest BCUT2D eigenvalue weighted by atomic mass is 19.1. The minimum absolute atomic E-state index is 0.0322. The maximum atomic E-state index is 14.0. The highest BCUT2D eigenvalue weighted by Gasteiger charge is 2.14. The first kappa shape index (κ1) is 18.2. The number of hydrogen-bond donors (Lipinski definition) is 1. The average molecular weight is 349 g/mol. The minimum Gasteiger partial charge on any atom is -0.489 e. The molecule has 0 aliphatic heterocycles. The van der Waals surface area contributed by atoms with Crippen molar-refractivity contribution in [3.05, 3.63) is 101 Å². The van der Waals surface area contributed by atoms with Crippen molar-refractivity contribution < 1.29 is 9.13 Å². The molecular weight excluding hydrogens is 325 g/mol. The summed E-state index contributed by atoms with van der Waals surface area (Å²) in [6.07, 6.45) is 0.704. The zero-order valence-electron chi connectivity index (χ0n) is 15.0. The highest BCUT2D eigenvalue weighted by Crippen LogP contribution is 2.24. The number of rotatable bonds is 7. The fraction of sp³-hybridized carbons (Fsp3) is 0.217. The molecule has 3 rings (SSSR count). The van der Waals surface area contributed by atoms with Crippen LogP contribution in [0.4, 0.5) is 4.39 Å². The lowest BCUT2D eigenvalue weighted by atomic mass is 9.91. The van der Waals surface area contributed by atoms with Crippen LogP contribution < -0.4 is 10.5 Å². The second-order valence-corrected chi connectivity index (χ2v) is 6.58. The Kier molecular flexibility index (Phi) is 6.03. The molecule has 3 heteroatoms. The minimum atomic E-state index is -0.193. The van der Waals surface area contributed by atoms with Crippen molar-refractivity contribution in [3.8, 4) is 5.75 Å². The number of aryl methyl sites for hydroxylation is 1. The van der Waals surface area contributed by atoms with Gasteiger partial charge in [0.1, 0.15) is 18.2 Å². The maximum Gasteiger partial charge on any atom is 0.126 e. The molecule has 0 aromatic heterocycles. The van der Waals surface area contributed by atoms with Gasteiger partial charge >= 0.3 is 0 Å². The third-order valence-electron chi connectivity index (χ3n) is 4.52. The lowest BCUT2D eigenvalue weighted by Gasteiger charge is -2.16. The average Bonchev–Trinajstić information content (AvgIpc) is 2.66. The third kappa shape index (κ3) is 4.70. The zero-order valence-corrected chi connectivity index (χ0v) is 15.0. The number of nitrogens with two attached hydrogens (primary N) is 1. The molecule has 0 aliphatic rings. The fourth-order valence-corrected chi connectivity index (χ4v) is 3.10. The van der Waals surface area contributed by atoms with E-state index in [9.17, 15) is 4.39 Å². The van der Waals surface area contributed by atoms with Crippen LogP contribution >= 0.6 is 0 Å². The third-order valence-corrected chi connectivity index (χ3v) is 4.52. The molecule has 1 unspecified atom stereocenters. The van der Waals surface area contributed by atoms with E-state index in [0.29, 0.717) is 25.1 Å². The van der Waals surface area contributed by atoms with Gasteiger partial charge in [0.05, 0.1) is 0 Å². The second-order valence-electron chi connectivity index (χ2n) is 6.58. The fourth-order valence-electron chi connectivity index (χ4n) is 3.10. The summed E-state index contributed by atoms with van der Waals surface area (Å²) in [5.41, 5.74) is 10.1.